The Balaban J connectivity index is 4.29. The zero-order valence-corrected chi connectivity index (χ0v) is 5.11. The van der Waals surface area contributed by atoms with Crippen molar-refractivity contribution in [2.45, 2.75) is 0 Å². The molecule has 0 saturated carbocycles. The van der Waals surface area contributed by atoms with Crippen molar-refractivity contribution >= 4 is 10.0 Å². The van der Waals surface area contributed by atoms with Crippen LogP contribution in [0.15, 0.2) is 11.5 Å². The van der Waals surface area contributed by atoms with Crippen LogP contribution in [0, 0.1) is 0 Å². The predicted molar refractivity (Wildman–Crippen MR) is 31.3 cm³/mol. The lowest BCUT2D eigenvalue weighted by atomic mass is 10.7. The van der Waals surface area contributed by atoms with Crippen LogP contribution in [0.3, 0.4) is 0 Å². The summed E-state index contributed by atoms with van der Waals surface area (Å²) >= 11 is 0. The maximum atomic E-state index is 10.2. The number of primary sulfonamides is 1. The first-order valence-corrected chi connectivity index (χ1v) is 3.43. The van der Waals surface area contributed by atoms with Gasteiger partial charge < -0.3 is 5.73 Å². The smallest absolute Gasteiger partial charge is 0.234 e. The van der Waals surface area contributed by atoms with Crippen LogP contribution in [-0.4, -0.2) is 15.0 Å². The van der Waals surface area contributed by atoms with Crippen molar-refractivity contribution in [3.63, 3.8) is 0 Å². The van der Waals surface area contributed by atoms with Crippen LogP contribution >= 0.6 is 0 Å². The van der Waals surface area contributed by atoms with E-state index >= 15 is 0 Å². The van der Waals surface area contributed by atoms with Gasteiger partial charge in [0.2, 0.25) is 10.0 Å². The Hall–Kier alpha value is -0.390. The summed E-state index contributed by atoms with van der Waals surface area (Å²) in [5.41, 5.74) is 4.90. The van der Waals surface area contributed by atoms with Gasteiger partial charge in [0, 0.05) is 6.54 Å². The lowest BCUT2D eigenvalue weighted by molar-refractivity contribution is 0.603. The van der Waals surface area contributed by atoms with E-state index in [1.54, 1.807) is 0 Å². The van der Waals surface area contributed by atoms with Gasteiger partial charge in [-0.1, -0.05) is 6.58 Å². The highest BCUT2D eigenvalue weighted by atomic mass is 32.2. The van der Waals surface area contributed by atoms with Crippen molar-refractivity contribution in [1.29, 1.82) is 0 Å². The van der Waals surface area contributed by atoms with E-state index in [9.17, 15) is 8.42 Å². The fourth-order valence-corrected chi connectivity index (χ4v) is 0.348. The molecule has 0 aromatic heterocycles. The molecule has 0 radical (unpaired) electrons. The molecule has 8 heavy (non-hydrogen) atoms. The van der Waals surface area contributed by atoms with Gasteiger partial charge in [0.25, 0.3) is 0 Å². The molecule has 0 aromatic carbocycles. The van der Waals surface area contributed by atoms with E-state index in [0.717, 1.165) is 0 Å². The largest absolute Gasteiger partial charge is 0.326 e. The van der Waals surface area contributed by atoms with Gasteiger partial charge in [0.15, 0.2) is 0 Å². The number of nitrogens with two attached hydrogens (primary N) is 2. The van der Waals surface area contributed by atoms with Gasteiger partial charge in [0.1, 0.15) is 0 Å². The van der Waals surface area contributed by atoms with Crippen LogP contribution < -0.4 is 10.9 Å². The number of hydrogen-bond donors (Lipinski definition) is 2. The Morgan fingerprint density at radius 1 is 1.62 bits per heavy atom. The second-order valence-corrected chi connectivity index (χ2v) is 2.96. The average molecular weight is 136 g/mol. The summed E-state index contributed by atoms with van der Waals surface area (Å²) in [6.07, 6.45) is 0. The van der Waals surface area contributed by atoms with Crippen LogP contribution in [0.2, 0.25) is 0 Å². The monoisotopic (exact) mass is 136 g/mol. The summed E-state index contributed by atoms with van der Waals surface area (Å²) in [6, 6.07) is 0. The Bertz CT molecular complexity index is 181. The number of sulfonamides is 1. The van der Waals surface area contributed by atoms with Crippen molar-refractivity contribution in [3.05, 3.63) is 11.5 Å². The summed E-state index contributed by atoms with van der Waals surface area (Å²) in [6.45, 7) is 2.99. The van der Waals surface area contributed by atoms with Crippen LogP contribution in [0.5, 0.6) is 0 Å². The fraction of sp³-hybridized carbons (Fsp3) is 0.333. The molecule has 0 aliphatic rings. The zero-order valence-electron chi connectivity index (χ0n) is 4.29. The van der Waals surface area contributed by atoms with Gasteiger partial charge in [-0.25, -0.2) is 13.6 Å². The molecule has 4 N–H and O–H groups in total. The number of hydrogen-bond acceptors (Lipinski definition) is 3. The first kappa shape index (κ1) is 7.61. The molecular formula is C3H8N2O2S. The van der Waals surface area contributed by atoms with E-state index in [1.165, 1.54) is 0 Å². The molecule has 48 valence electrons. The molecule has 0 atom stereocenters. The minimum atomic E-state index is -3.57. The molecule has 0 spiro atoms. The van der Waals surface area contributed by atoms with E-state index < -0.39 is 10.0 Å². The van der Waals surface area contributed by atoms with Crippen LogP contribution in [0.25, 0.3) is 0 Å². The summed E-state index contributed by atoms with van der Waals surface area (Å²) in [7, 11) is -3.57. The van der Waals surface area contributed by atoms with Crippen molar-refractivity contribution < 1.29 is 8.42 Å². The second-order valence-electron chi connectivity index (χ2n) is 1.29. The first-order valence-electron chi connectivity index (χ1n) is 1.89. The molecule has 0 aliphatic carbocycles. The van der Waals surface area contributed by atoms with Gasteiger partial charge in [0.05, 0.1) is 4.91 Å². The first-order chi connectivity index (χ1) is 3.48. The van der Waals surface area contributed by atoms with Crippen molar-refractivity contribution in [2.24, 2.45) is 10.9 Å². The van der Waals surface area contributed by atoms with Gasteiger partial charge >= 0.3 is 0 Å². The maximum Gasteiger partial charge on any atom is 0.234 e. The van der Waals surface area contributed by atoms with E-state index in [-0.39, 0.29) is 11.4 Å². The highest BCUT2D eigenvalue weighted by Crippen LogP contribution is 1.91. The standard InChI is InChI=1S/C3H8N2O2S/c1-3(2-4)8(5,6)7/h1-2,4H2,(H2,5,6,7). The summed E-state index contributed by atoms with van der Waals surface area (Å²) in [5, 5.41) is 4.58. The van der Waals surface area contributed by atoms with Crippen LogP contribution in [-0.2, 0) is 10.0 Å². The highest BCUT2D eigenvalue weighted by molar-refractivity contribution is 7.93. The van der Waals surface area contributed by atoms with Gasteiger partial charge in [-0.05, 0) is 0 Å². The molecule has 0 heterocycles. The van der Waals surface area contributed by atoms with Crippen LogP contribution in [0.1, 0.15) is 0 Å². The molecule has 4 nitrogen and oxygen atoms in total. The molecule has 0 saturated heterocycles. The van der Waals surface area contributed by atoms with E-state index in [1.807, 2.05) is 0 Å². The highest BCUT2D eigenvalue weighted by Gasteiger charge is 2.04. The van der Waals surface area contributed by atoms with Gasteiger partial charge in [-0.3, -0.25) is 0 Å². The average Bonchev–Trinajstić information content (AvgIpc) is 1.62. The maximum absolute atomic E-state index is 10.2. The second kappa shape index (κ2) is 2.25. The zero-order chi connectivity index (χ0) is 6.78. The molecule has 0 amide bonds. The minimum Gasteiger partial charge on any atom is -0.326 e. The minimum absolute atomic E-state index is 0.112. The lowest BCUT2D eigenvalue weighted by Crippen LogP contribution is -2.19. The van der Waals surface area contributed by atoms with Gasteiger partial charge in [-0.2, -0.15) is 0 Å². The Morgan fingerprint density at radius 3 is 2.00 bits per heavy atom. The molecule has 0 aromatic rings. The Kier molecular flexibility index (Phi) is 2.14. The number of rotatable bonds is 2. The van der Waals surface area contributed by atoms with Gasteiger partial charge in [-0.15, -0.1) is 0 Å². The lowest BCUT2D eigenvalue weighted by Gasteiger charge is -1.94. The predicted octanol–water partition coefficient (Wildman–Crippen LogP) is -1.25. The normalized spacial score (nSPS) is 11.2. The van der Waals surface area contributed by atoms with E-state index in [2.05, 4.69) is 11.7 Å². The Labute approximate surface area is 48.2 Å². The molecule has 0 rings (SSSR count). The van der Waals surface area contributed by atoms with Crippen molar-refractivity contribution in [3.8, 4) is 0 Å². The van der Waals surface area contributed by atoms with E-state index in [0.29, 0.717) is 0 Å². The van der Waals surface area contributed by atoms with Crippen molar-refractivity contribution in [2.75, 3.05) is 6.54 Å². The van der Waals surface area contributed by atoms with Crippen LogP contribution in [0.4, 0.5) is 0 Å². The molecule has 0 fully saturated rings. The quantitative estimate of drug-likeness (QED) is 0.497. The molecule has 0 bridgehead atoms. The Morgan fingerprint density at radius 2 is 2.00 bits per heavy atom. The SMILES string of the molecule is C=C(CN)S(N)(=O)=O. The van der Waals surface area contributed by atoms with E-state index in [4.69, 9.17) is 5.73 Å². The molecular weight excluding hydrogens is 128 g/mol. The molecule has 0 unspecified atom stereocenters. The fourth-order valence-electron chi connectivity index (χ4n) is 0.116. The third-order valence-corrected chi connectivity index (χ3v) is 1.60. The summed E-state index contributed by atoms with van der Waals surface area (Å²) in [4.78, 5) is -0.141. The summed E-state index contributed by atoms with van der Waals surface area (Å²) < 4.78 is 20.3. The van der Waals surface area contributed by atoms with Crippen molar-refractivity contribution in [1.82, 2.24) is 0 Å². The third kappa shape index (κ3) is 2.06. The summed E-state index contributed by atoms with van der Waals surface area (Å²) in [5.74, 6) is 0. The molecule has 0 aliphatic heterocycles. The molecule has 5 heteroatoms. The topological polar surface area (TPSA) is 86.2 Å². The third-order valence-electron chi connectivity index (χ3n) is 0.630.